The van der Waals surface area contributed by atoms with Gasteiger partial charge in [-0.1, -0.05) is 18.2 Å². The molecule has 11 nitrogen and oxygen atoms in total. The number of carbonyl (C=O) groups is 2. The summed E-state index contributed by atoms with van der Waals surface area (Å²) < 4.78 is 16.4. The number of aliphatic hydroxyl groups is 1. The van der Waals surface area contributed by atoms with Gasteiger partial charge >= 0.3 is 12.0 Å². The van der Waals surface area contributed by atoms with E-state index in [2.05, 4.69) is 21.2 Å². The maximum Gasteiger partial charge on any atom is 0.337 e. The number of nitrogens with zero attached hydrogens (tertiary/aromatic N) is 2. The summed E-state index contributed by atoms with van der Waals surface area (Å²) in [6, 6.07) is 11.7. The number of urea groups is 1. The molecule has 11 heteroatoms. The van der Waals surface area contributed by atoms with Gasteiger partial charge in [-0.15, -0.1) is 0 Å². The number of anilines is 1. The van der Waals surface area contributed by atoms with Crippen LogP contribution in [0.25, 0.3) is 0 Å². The number of allylic oxidation sites excluding steroid dienone is 1. The highest BCUT2D eigenvalue weighted by Crippen LogP contribution is 2.34. The van der Waals surface area contributed by atoms with E-state index in [0.717, 1.165) is 11.3 Å². The van der Waals surface area contributed by atoms with Crippen LogP contribution in [0, 0.1) is 0 Å². The van der Waals surface area contributed by atoms with Crippen LogP contribution >= 0.6 is 0 Å². The molecule has 4 N–H and O–H groups in total. The zero-order valence-corrected chi connectivity index (χ0v) is 21.6. The minimum atomic E-state index is -1.08. The van der Waals surface area contributed by atoms with Crippen molar-refractivity contribution in [3.8, 4) is 11.5 Å². The van der Waals surface area contributed by atoms with Gasteiger partial charge in [0.15, 0.2) is 17.7 Å². The molecular weight excluding hydrogens is 478 g/mol. The van der Waals surface area contributed by atoms with Crippen molar-refractivity contribution in [1.29, 1.82) is 0 Å². The summed E-state index contributed by atoms with van der Waals surface area (Å²) in [5.74, 6) is 0.221. The molecule has 1 aliphatic heterocycles. The van der Waals surface area contributed by atoms with Crippen molar-refractivity contribution in [1.82, 2.24) is 16.1 Å². The van der Waals surface area contributed by atoms with Gasteiger partial charge in [-0.3, -0.25) is 5.43 Å². The number of benzene rings is 2. The SMILES string of the molecule is CCOc1cc([C@H]2NC(=O)NC(C)=C2C(=O)OC)ccc1OC[C@H](O)N/N=C\c1ccc(N(C)C)cc1. The number of amides is 2. The van der Waals surface area contributed by atoms with Gasteiger partial charge in [0.1, 0.15) is 6.61 Å². The lowest BCUT2D eigenvalue weighted by Crippen LogP contribution is -2.45. The molecule has 0 unspecified atom stereocenters. The molecule has 0 spiro atoms. The number of nitrogens with one attached hydrogen (secondary N) is 3. The highest BCUT2D eigenvalue weighted by Gasteiger charge is 2.32. The van der Waals surface area contributed by atoms with E-state index in [4.69, 9.17) is 14.2 Å². The molecule has 2 aromatic carbocycles. The number of aliphatic hydroxyl groups excluding tert-OH is 1. The fourth-order valence-electron chi connectivity index (χ4n) is 3.68. The van der Waals surface area contributed by atoms with E-state index in [9.17, 15) is 14.7 Å². The molecular formula is C26H33N5O6. The molecule has 1 heterocycles. The minimum absolute atomic E-state index is 0.104. The summed E-state index contributed by atoms with van der Waals surface area (Å²) in [5.41, 5.74) is 5.87. The number of hydrogen-bond donors (Lipinski definition) is 4. The molecule has 0 aromatic heterocycles. The summed E-state index contributed by atoms with van der Waals surface area (Å²) in [4.78, 5) is 26.4. The lowest BCUT2D eigenvalue weighted by Gasteiger charge is -2.28. The molecule has 0 bridgehead atoms. The molecule has 3 rings (SSSR count). The van der Waals surface area contributed by atoms with Gasteiger partial charge in [-0.05, 0) is 49.2 Å². The molecule has 2 atom stereocenters. The smallest absolute Gasteiger partial charge is 0.337 e. The summed E-state index contributed by atoms with van der Waals surface area (Å²) in [6.45, 7) is 3.71. The summed E-state index contributed by atoms with van der Waals surface area (Å²) in [7, 11) is 5.21. The van der Waals surface area contributed by atoms with Crippen LogP contribution in [0.1, 0.15) is 31.0 Å². The predicted octanol–water partition coefficient (Wildman–Crippen LogP) is 2.27. The van der Waals surface area contributed by atoms with E-state index < -0.39 is 24.3 Å². The highest BCUT2D eigenvalue weighted by molar-refractivity contribution is 5.95. The standard InChI is InChI=1S/C26H33N5O6/c1-6-36-21-13-18(24-23(25(33)35-5)16(2)28-26(34)29-24)9-12-20(21)37-15-22(32)30-27-14-17-7-10-19(11-8-17)31(3)4/h7-14,22,24,30,32H,6,15H2,1-5H3,(H2,28,29,34)/b27-14-/t22-,24+/m0/s1. The lowest BCUT2D eigenvalue weighted by molar-refractivity contribution is -0.136. The number of rotatable bonds is 11. The van der Waals surface area contributed by atoms with Gasteiger partial charge in [-0.2, -0.15) is 5.10 Å². The monoisotopic (exact) mass is 511 g/mol. The Hall–Kier alpha value is -4.25. The molecule has 198 valence electrons. The number of methoxy groups -OCH3 is 1. The fourth-order valence-corrected chi connectivity index (χ4v) is 3.68. The first-order valence-corrected chi connectivity index (χ1v) is 11.7. The van der Waals surface area contributed by atoms with Crippen molar-refractivity contribution in [2.45, 2.75) is 26.1 Å². The largest absolute Gasteiger partial charge is 0.490 e. The first-order valence-electron chi connectivity index (χ1n) is 11.7. The second-order valence-electron chi connectivity index (χ2n) is 8.40. The van der Waals surface area contributed by atoms with Gasteiger partial charge in [0.05, 0.1) is 31.5 Å². The summed E-state index contributed by atoms with van der Waals surface area (Å²) >= 11 is 0. The molecule has 1 aliphatic rings. The van der Waals surface area contributed by atoms with Crippen molar-refractivity contribution >= 4 is 23.9 Å². The van der Waals surface area contributed by atoms with E-state index in [1.165, 1.54) is 7.11 Å². The van der Waals surface area contributed by atoms with Crippen molar-refractivity contribution in [2.75, 3.05) is 39.3 Å². The van der Waals surface area contributed by atoms with Gasteiger partial charge < -0.3 is 34.9 Å². The van der Waals surface area contributed by atoms with Crippen molar-refractivity contribution in [3.63, 3.8) is 0 Å². The average Bonchev–Trinajstić information content (AvgIpc) is 2.87. The van der Waals surface area contributed by atoms with Crippen molar-refractivity contribution in [2.24, 2.45) is 5.10 Å². The predicted molar refractivity (Wildman–Crippen MR) is 140 cm³/mol. The Morgan fingerprint density at radius 3 is 2.57 bits per heavy atom. The molecule has 2 amide bonds. The normalized spacial score (nSPS) is 16.1. The molecule has 0 saturated heterocycles. The van der Waals surface area contributed by atoms with Crippen molar-refractivity contribution < 1.29 is 28.9 Å². The van der Waals surface area contributed by atoms with E-state index in [0.29, 0.717) is 29.4 Å². The fraction of sp³-hybridized carbons (Fsp3) is 0.346. The Balaban J connectivity index is 1.67. The number of hydrazone groups is 1. The number of hydrogen-bond acceptors (Lipinski definition) is 9. The average molecular weight is 512 g/mol. The molecule has 0 radical (unpaired) electrons. The van der Waals surface area contributed by atoms with Gasteiger partial charge in [0.25, 0.3) is 0 Å². The number of carbonyl (C=O) groups excluding carboxylic acids is 2. The quantitative estimate of drug-likeness (QED) is 0.156. The van der Waals surface area contributed by atoms with Gasteiger partial charge in [0, 0.05) is 25.5 Å². The number of esters is 1. The Morgan fingerprint density at radius 1 is 1.19 bits per heavy atom. The van der Waals surface area contributed by atoms with Crippen LogP contribution in [0.5, 0.6) is 11.5 Å². The zero-order valence-electron chi connectivity index (χ0n) is 21.6. The maximum atomic E-state index is 12.4. The third kappa shape index (κ3) is 7.14. The van der Waals surface area contributed by atoms with Gasteiger partial charge in [-0.25, -0.2) is 9.59 Å². The van der Waals surface area contributed by atoms with E-state index >= 15 is 0 Å². The zero-order chi connectivity index (χ0) is 26.9. The number of ether oxygens (including phenoxy) is 3. The van der Waals surface area contributed by atoms with Crippen molar-refractivity contribution in [3.05, 3.63) is 64.9 Å². The van der Waals surface area contributed by atoms with Gasteiger partial charge in [0.2, 0.25) is 0 Å². The third-order valence-corrected chi connectivity index (χ3v) is 5.52. The second kappa shape index (κ2) is 12.6. The first-order chi connectivity index (χ1) is 17.7. The molecule has 2 aromatic rings. The Kier molecular flexibility index (Phi) is 9.33. The molecule has 0 saturated carbocycles. The lowest BCUT2D eigenvalue weighted by atomic mass is 9.95. The van der Waals surface area contributed by atoms with Crippen LogP contribution in [0.4, 0.5) is 10.5 Å². The summed E-state index contributed by atoms with van der Waals surface area (Å²) in [6.07, 6.45) is 0.525. The van der Waals surface area contributed by atoms with Crippen LogP contribution in [0.2, 0.25) is 0 Å². The molecule has 0 fully saturated rings. The first kappa shape index (κ1) is 27.3. The van der Waals surface area contributed by atoms with Crippen LogP contribution in [0.15, 0.2) is 58.8 Å². The molecule has 37 heavy (non-hydrogen) atoms. The highest BCUT2D eigenvalue weighted by atomic mass is 16.5. The van der Waals surface area contributed by atoms with E-state index in [-0.39, 0.29) is 12.2 Å². The van der Waals surface area contributed by atoms with E-state index in [1.54, 1.807) is 31.3 Å². The Bertz CT molecular complexity index is 1160. The topological polar surface area (TPSA) is 134 Å². The minimum Gasteiger partial charge on any atom is -0.490 e. The van der Waals surface area contributed by atoms with Crippen LogP contribution < -0.4 is 30.4 Å². The summed E-state index contributed by atoms with van der Waals surface area (Å²) in [5, 5.41) is 19.6. The third-order valence-electron chi connectivity index (χ3n) is 5.52. The van der Waals surface area contributed by atoms with Crippen LogP contribution in [-0.4, -0.2) is 64.0 Å². The van der Waals surface area contributed by atoms with Crippen LogP contribution in [0.3, 0.4) is 0 Å². The maximum absolute atomic E-state index is 12.4. The Labute approximate surface area is 216 Å². The van der Waals surface area contributed by atoms with Crippen LogP contribution in [-0.2, 0) is 9.53 Å². The second-order valence-corrected chi connectivity index (χ2v) is 8.40. The van der Waals surface area contributed by atoms with E-state index in [1.807, 2.05) is 50.2 Å². The molecule has 0 aliphatic carbocycles. The Morgan fingerprint density at radius 2 is 1.92 bits per heavy atom.